The third-order valence-corrected chi connectivity index (χ3v) is 5.28. The first-order chi connectivity index (χ1) is 13.1. The lowest BCUT2D eigenvalue weighted by Crippen LogP contribution is -2.24. The second-order valence-corrected chi connectivity index (χ2v) is 6.85. The van der Waals surface area contributed by atoms with E-state index in [-0.39, 0.29) is 18.8 Å². The summed E-state index contributed by atoms with van der Waals surface area (Å²) in [5, 5.41) is 1.03. The van der Waals surface area contributed by atoms with Crippen LogP contribution >= 0.6 is 11.8 Å². The number of aliphatic imine (C=N–C) groups is 1. The van der Waals surface area contributed by atoms with Gasteiger partial charge in [0, 0.05) is 29.9 Å². The van der Waals surface area contributed by atoms with E-state index in [4.69, 9.17) is 9.47 Å². The van der Waals surface area contributed by atoms with Crippen molar-refractivity contribution in [3.8, 4) is 0 Å². The molecule has 0 saturated heterocycles. The molecule has 2 aliphatic heterocycles. The molecule has 27 heavy (non-hydrogen) atoms. The van der Waals surface area contributed by atoms with Crippen LogP contribution in [-0.4, -0.2) is 50.0 Å². The standard InChI is InChI=1S/C19H23N3O4S/c1-4-21(12-14(17(23)25-5-2)18(24)26-6-3)13-7-8-16-15(11-13)22-10-9-20-19(22)27-16/h7-8,11-12H,4-6,9-10H2,1-3H3. The molecule has 8 heteroatoms. The van der Waals surface area contributed by atoms with Crippen LogP contribution in [0.4, 0.5) is 11.4 Å². The van der Waals surface area contributed by atoms with E-state index >= 15 is 0 Å². The zero-order chi connectivity index (χ0) is 19.4. The average Bonchev–Trinajstić information content (AvgIpc) is 3.24. The second kappa shape index (κ2) is 8.47. The van der Waals surface area contributed by atoms with Crippen molar-refractivity contribution in [2.24, 2.45) is 4.99 Å². The quantitative estimate of drug-likeness (QED) is 0.307. The van der Waals surface area contributed by atoms with Gasteiger partial charge in [0.05, 0.1) is 25.4 Å². The van der Waals surface area contributed by atoms with Gasteiger partial charge in [0.1, 0.15) is 0 Å². The number of hydrogen-bond donors (Lipinski definition) is 0. The van der Waals surface area contributed by atoms with E-state index in [2.05, 4.69) is 16.0 Å². The van der Waals surface area contributed by atoms with Crippen molar-refractivity contribution in [3.63, 3.8) is 0 Å². The molecule has 0 N–H and O–H groups in total. The maximum atomic E-state index is 12.2. The molecule has 2 aliphatic rings. The summed E-state index contributed by atoms with van der Waals surface area (Å²) in [6.07, 6.45) is 1.51. The number of hydrogen-bond acceptors (Lipinski definition) is 8. The largest absolute Gasteiger partial charge is 0.462 e. The molecule has 0 radical (unpaired) electrons. The Kier molecular flexibility index (Phi) is 6.05. The summed E-state index contributed by atoms with van der Waals surface area (Å²) in [7, 11) is 0. The van der Waals surface area contributed by atoms with E-state index < -0.39 is 11.9 Å². The Morgan fingerprint density at radius 3 is 2.56 bits per heavy atom. The maximum Gasteiger partial charge on any atom is 0.347 e. The Bertz CT molecular complexity index is 786. The van der Waals surface area contributed by atoms with Gasteiger partial charge in [-0.15, -0.1) is 0 Å². The summed E-state index contributed by atoms with van der Waals surface area (Å²) in [6.45, 7) is 7.99. The van der Waals surface area contributed by atoms with Crippen molar-refractivity contribution in [1.29, 1.82) is 0 Å². The molecule has 1 aromatic carbocycles. The second-order valence-electron chi connectivity index (χ2n) is 5.84. The third-order valence-electron chi connectivity index (χ3n) is 4.18. The highest BCUT2D eigenvalue weighted by molar-refractivity contribution is 8.14. The minimum atomic E-state index is -0.680. The number of anilines is 2. The van der Waals surface area contributed by atoms with Gasteiger partial charge in [-0.3, -0.25) is 4.99 Å². The fourth-order valence-electron chi connectivity index (χ4n) is 2.93. The SMILES string of the molecule is CCOC(=O)C(=CN(CC)c1ccc2c(c1)N1CCN=C1S2)C(=O)OCC. The lowest BCUT2D eigenvalue weighted by Gasteiger charge is -2.22. The number of fused-ring (bicyclic) bond motifs is 3. The Balaban J connectivity index is 1.92. The Morgan fingerprint density at radius 2 is 1.93 bits per heavy atom. The summed E-state index contributed by atoms with van der Waals surface area (Å²) >= 11 is 1.67. The highest BCUT2D eigenvalue weighted by Gasteiger charge is 2.30. The van der Waals surface area contributed by atoms with Gasteiger partial charge in [-0.05, 0) is 50.7 Å². The number of thioether (sulfide) groups is 1. The van der Waals surface area contributed by atoms with Gasteiger partial charge >= 0.3 is 11.9 Å². The van der Waals surface area contributed by atoms with Gasteiger partial charge in [0.2, 0.25) is 0 Å². The lowest BCUT2D eigenvalue weighted by molar-refractivity contribution is -0.146. The van der Waals surface area contributed by atoms with Gasteiger partial charge in [-0.25, -0.2) is 9.59 Å². The molecule has 0 aromatic heterocycles. The van der Waals surface area contributed by atoms with Crippen LogP contribution < -0.4 is 9.80 Å². The first-order valence-corrected chi connectivity index (χ1v) is 9.87. The summed E-state index contributed by atoms with van der Waals surface area (Å²) in [4.78, 5) is 34.2. The smallest absolute Gasteiger partial charge is 0.347 e. The molecule has 0 spiro atoms. The minimum Gasteiger partial charge on any atom is -0.462 e. The number of carbonyl (C=O) groups excluding carboxylic acids is 2. The molecule has 0 aliphatic carbocycles. The first-order valence-electron chi connectivity index (χ1n) is 9.05. The van der Waals surface area contributed by atoms with Crippen LogP contribution in [-0.2, 0) is 19.1 Å². The highest BCUT2D eigenvalue weighted by Crippen LogP contribution is 2.43. The number of carbonyl (C=O) groups is 2. The summed E-state index contributed by atoms with van der Waals surface area (Å²) in [5.74, 6) is -1.36. The Morgan fingerprint density at radius 1 is 1.22 bits per heavy atom. The number of esters is 2. The number of nitrogens with zero attached hydrogens (tertiary/aromatic N) is 3. The van der Waals surface area contributed by atoms with Crippen LogP contribution in [0.25, 0.3) is 0 Å². The fourth-order valence-corrected chi connectivity index (χ4v) is 3.99. The third kappa shape index (κ3) is 3.95. The van der Waals surface area contributed by atoms with E-state index in [9.17, 15) is 9.59 Å². The van der Waals surface area contributed by atoms with Crippen LogP contribution in [0.15, 0.2) is 39.9 Å². The molecule has 0 amide bonds. The predicted octanol–water partition coefficient (Wildman–Crippen LogP) is 2.80. The van der Waals surface area contributed by atoms with E-state index in [1.54, 1.807) is 25.6 Å². The molecule has 0 fully saturated rings. The monoisotopic (exact) mass is 389 g/mol. The zero-order valence-corrected chi connectivity index (χ0v) is 16.5. The highest BCUT2D eigenvalue weighted by atomic mass is 32.2. The van der Waals surface area contributed by atoms with Crippen molar-refractivity contribution in [2.45, 2.75) is 25.7 Å². The molecular formula is C19H23N3O4S. The molecule has 3 rings (SSSR count). The van der Waals surface area contributed by atoms with Crippen LogP contribution in [0, 0.1) is 0 Å². The molecule has 0 unspecified atom stereocenters. The molecule has 1 aromatic rings. The van der Waals surface area contributed by atoms with E-state index in [1.807, 2.05) is 24.0 Å². The predicted molar refractivity (Wildman–Crippen MR) is 106 cm³/mol. The molecule has 7 nitrogen and oxygen atoms in total. The summed E-state index contributed by atoms with van der Waals surface area (Å²) < 4.78 is 10.0. The van der Waals surface area contributed by atoms with Crippen molar-refractivity contribution >= 4 is 40.2 Å². The van der Waals surface area contributed by atoms with Crippen molar-refractivity contribution in [3.05, 3.63) is 30.0 Å². The van der Waals surface area contributed by atoms with Gasteiger partial charge < -0.3 is 19.3 Å². The number of benzene rings is 1. The minimum absolute atomic E-state index is 0.112. The molecular weight excluding hydrogens is 366 g/mol. The van der Waals surface area contributed by atoms with Gasteiger partial charge in [0.25, 0.3) is 0 Å². The van der Waals surface area contributed by atoms with Crippen LogP contribution in [0.3, 0.4) is 0 Å². The Hall–Kier alpha value is -2.48. The molecule has 0 saturated carbocycles. The van der Waals surface area contributed by atoms with Crippen molar-refractivity contribution in [2.75, 3.05) is 42.6 Å². The van der Waals surface area contributed by atoms with Gasteiger partial charge in [-0.1, -0.05) is 0 Å². The van der Waals surface area contributed by atoms with E-state index in [0.717, 1.165) is 34.5 Å². The number of ether oxygens (including phenoxy) is 2. The Labute approximate surface area is 163 Å². The lowest BCUT2D eigenvalue weighted by atomic mass is 10.2. The van der Waals surface area contributed by atoms with Crippen LogP contribution in [0.2, 0.25) is 0 Å². The molecule has 2 heterocycles. The summed E-state index contributed by atoms with van der Waals surface area (Å²) in [5.41, 5.74) is 1.88. The van der Waals surface area contributed by atoms with E-state index in [0.29, 0.717) is 6.54 Å². The zero-order valence-electron chi connectivity index (χ0n) is 15.7. The average molecular weight is 389 g/mol. The van der Waals surface area contributed by atoms with Crippen LogP contribution in [0.5, 0.6) is 0 Å². The topological polar surface area (TPSA) is 71.4 Å². The van der Waals surface area contributed by atoms with Crippen LogP contribution in [0.1, 0.15) is 20.8 Å². The molecule has 144 valence electrons. The van der Waals surface area contributed by atoms with E-state index in [1.165, 1.54) is 6.20 Å². The molecule has 0 atom stereocenters. The maximum absolute atomic E-state index is 12.2. The number of amidine groups is 1. The normalized spacial score (nSPS) is 14.2. The van der Waals surface area contributed by atoms with Crippen molar-refractivity contribution < 1.29 is 19.1 Å². The van der Waals surface area contributed by atoms with Crippen molar-refractivity contribution in [1.82, 2.24) is 0 Å². The first kappa shape index (κ1) is 19.3. The van der Waals surface area contributed by atoms with Gasteiger partial charge in [-0.2, -0.15) is 0 Å². The number of rotatable bonds is 7. The summed E-state index contributed by atoms with van der Waals surface area (Å²) in [6, 6.07) is 6.08. The fraction of sp³-hybridized carbons (Fsp3) is 0.421. The van der Waals surface area contributed by atoms with Gasteiger partial charge in [0.15, 0.2) is 10.7 Å². The molecule has 0 bridgehead atoms.